The van der Waals surface area contributed by atoms with E-state index in [-0.39, 0.29) is 5.56 Å². The molecule has 0 N–H and O–H groups in total. The van der Waals surface area contributed by atoms with E-state index in [0.717, 1.165) is 12.1 Å². The molecule has 0 radical (unpaired) electrons. The highest BCUT2D eigenvalue weighted by molar-refractivity contribution is 7.78. The maximum absolute atomic E-state index is 12.7. The number of aliphatic imine (C=N–C) groups is 1. The van der Waals surface area contributed by atoms with Crippen LogP contribution in [-0.4, -0.2) is 16.0 Å². The number of carbonyl (C=O) groups excluding carboxylic acids is 1. The van der Waals surface area contributed by atoms with Gasteiger partial charge in [-0.15, -0.1) is 0 Å². The van der Waals surface area contributed by atoms with E-state index in [1.165, 1.54) is 0 Å². The number of nitro benzene ring substituents is 1. The summed E-state index contributed by atoms with van der Waals surface area (Å²) in [6.45, 7) is 0. The molecule has 0 unspecified atom stereocenters. The van der Waals surface area contributed by atoms with Crippen molar-refractivity contribution >= 4 is 29.0 Å². The first-order valence-electron chi connectivity index (χ1n) is 3.62. The Morgan fingerprint density at radius 1 is 1.60 bits per heavy atom. The number of nitro groups is 1. The summed E-state index contributed by atoms with van der Waals surface area (Å²) in [5, 5.41) is 12.3. The Bertz CT molecular complexity index is 483. The summed E-state index contributed by atoms with van der Waals surface area (Å²) < 4.78 is 12.7. The van der Waals surface area contributed by atoms with E-state index in [1.54, 1.807) is 5.16 Å². The third-order valence-electron chi connectivity index (χ3n) is 1.53. The zero-order valence-electron chi connectivity index (χ0n) is 7.14. The summed E-state index contributed by atoms with van der Waals surface area (Å²) in [5.74, 6) is -1.72. The zero-order valence-corrected chi connectivity index (χ0v) is 7.95. The second-order valence-electron chi connectivity index (χ2n) is 2.43. The standard InChI is InChI=1S/C8H3FN2O3S/c9-5-1-2-6(8(12)10-4-15)7(3-5)11(13)14/h1-3H. The molecule has 0 saturated carbocycles. The van der Waals surface area contributed by atoms with Crippen LogP contribution in [0.25, 0.3) is 0 Å². The Morgan fingerprint density at radius 3 is 2.80 bits per heavy atom. The summed E-state index contributed by atoms with van der Waals surface area (Å²) in [6, 6.07) is 2.55. The Labute approximate surface area is 88.4 Å². The molecule has 1 rings (SSSR count). The predicted molar refractivity (Wildman–Crippen MR) is 52.4 cm³/mol. The molecule has 5 nitrogen and oxygen atoms in total. The molecule has 0 aromatic heterocycles. The van der Waals surface area contributed by atoms with Crippen LogP contribution in [0.1, 0.15) is 10.4 Å². The van der Waals surface area contributed by atoms with E-state index < -0.39 is 22.3 Å². The second-order valence-corrected chi connectivity index (χ2v) is 2.61. The molecule has 0 spiro atoms. The van der Waals surface area contributed by atoms with Crippen molar-refractivity contribution in [2.24, 2.45) is 4.99 Å². The van der Waals surface area contributed by atoms with Gasteiger partial charge in [-0.1, -0.05) is 0 Å². The number of halogens is 1. The smallest absolute Gasteiger partial charge is 0.266 e. The lowest BCUT2D eigenvalue weighted by Gasteiger charge is -1.97. The molecule has 1 aromatic carbocycles. The lowest BCUT2D eigenvalue weighted by atomic mass is 10.1. The highest BCUT2D eigenvalue weighted by Crippen LogP contribution is 2.20. The van der Waals surface area contributed by atoms with Crippen LogP contribution in [0, 0.1) is 15.9 Å². The number of nitrogens with zero attached hydrogens (tertiary/aromatic N) is 2. The fraction of sp³-hybridized carbons (Fsp3) is 0. The Kier molecular flexibility index (Phi) is 3.33. The summed E-state index contributed by atoms with van der Waals surface area (Å²) in [4.78, 5) is 23.8. The monoisotopic (exact) mass is 226 g/mol. The van der Waals surface area contributed by atoms with Crippen molar-refractivity contribution < 1.29 is 14.1 Å². The van der Waals surface area contributed by atoms with E-state index >= 15 is 0 Å². The van der Waals surface area contributed by atoms with E-state index in [2.05, 4.69) is 17.2 Å². The van der Waals surface area contributed by atoms with E-state index in [9.17, 15) is 19.3 Å². The van der Waals surface area contributed by atoms with Crippen LogP contribution in [0.5, 0.6) is 0 Å². The van der Waals surface area contributed by atoms with E-state index in [0.29, 0.717) is 6.07 Å². The molecule has 0 heterocycles. The third kappa shape index (κ3) is 2.49. The van der Waals surface area contributed by atoms with Gasteiger partial charge in [0.1, 0.15) is 11.4 Å². The molecular weight excluding hydrogens is 223 g/mol. The normalized spacial score (nSPS) is 9.13. The van der Waals surface area contributed by atoms with Crippen molar-refractivity contribution in [3.8, 4) is 0 Å². The Balaban J connectivity index is 3.34. The SMILES string of the molecule is O=C(N=C=S)c1ccc(F)cc1[N+](=O)[O-]. The lowest BCUT2D eigenvalue weighted by Crippen LogP contribution is -2.01. The van der Waals surface area contributed by atoms with Gasteiger partial charge < -0.3 is 0 Å². The van der Waals surface area contributed by atoms with Crippen LogP contribution < -0.4 is 0 Å². The van der Waals surface area contributed by atoms with Crippen molar-refractivity contribution in [3.05, 3.63) is 39.7 Å². The summed E-state index contributed by atoms with van der Waals surface area (Å²) in [7, 11) is 0. The average molecular weight is 226 g/mol. The van der Waals surface area contributed by atoms with Gasteiger partial charge in [0, 0.05) is 0 Å². The molecule has 15 heavy (non-hydrogen) atoms. The minimum Gasteiger partial charge on any atom is -0.266 e. The number of benzene rings is 1. The molecule has 0 aliphatic carbocycles. The van der Waals surface area contributed by atoms with Gasteiger partial charge in [0.25, 0.3) is 11.6 Å². The van der Waals surface area contributed by atoms with Crippen LogP contribution in [0.4, 0.5) is 10.1 Å². The molecule has 0 aliphatic rings. The number of hydrogen-bond donors (Lipinski definition) is 0. The van der Waals surface area contributed by atoms with Crippen LogP contribution >= 0.6 is 12.2 Å². The summed E-state index contributed by atoms with van der Waals surface area (Å²) in [6.07, 6.45) is 0. The van der Waals surface area contributed by atoms with Gasteiger partial charge in [-0.3, -0.25) is 14.9 Å². The minimum atomic E-state index is -0.920. The molecule has 76 valence electrons. The van der Waals surface area contributed by atoms with Gasteiger partial charge in [-0.05, 0) is 24.4 Å². The van der Waals surface area contributed by atoms with Gasteiger partial charge in [0.05, 0.1) is 16.2 Å². The molecule has 0 atom stereocenters. The number of rotatable bonds is 2. The highest BCUT2D eigenvalue weighted by Gasteiger charge is 2.20. The maximum atomic E-state index is 12.7. The average Bonchev–Trinajstić information content (AvgIpc) is 2.17. The van der Waals surface area contributed by atoms with Crippen LogP contribution in [0.3, 0.4) is 0 Å². The van der Waals surface area contributed by atoms with E-state index in [1.807, 2.05) is 0 Å². The van der Waals surface area contributed by atoms with Crippen molar-refractivity contribution in [1.82, 2.24) is 0 Å². The Morgan fingerprint density at radius 2 is 2.27 bits per heavy atom. The Hall–Kier alpha value is -1.98. The molecule has 0 aliphatic heterocycles. The topological polar surface area (TPSA) is 72.6 Å². The van der Waals surface area contributed by atoms with Crippen LogP contribution in [0.2, 0.25) is 0 Å². The van der Waals surface area contributed by atoms with E-state index in [4.69, 9.17) is 0 Å². The number of carbonyl (C=O) groups is 1. The van der Waals surface area contributed by atoms with Crippen LogP contribution in [-0.2, 0) is 0 Å². The number of thiocarbonyl (C=S) groups is 1. The molecule has 0 fully saturated rings. The lowest BCUT2D eigenvalue weighted by molar-refractivity contribution is -0.385. The van der Waals surface area contributed by atoms with Crippen molar-refractivity contribution in [2.75, 3.05) is 0 Å². The fourth-order valence-corrected chi connectivity index (χ4v) is 1.02. The predicted octanol–water partition coefficient (Wildman–Crippen LogP) is 1.98. The molecule has 7 heteroatoms. The highest BCUT2D eigenvalue weighted by atomic mass is 32.1. The first kappa shape index (κ1) is 11.1. The minimum absolute atomic E-state index is 0.321. The van der Waals surface area contributed by atoms with Crippen molar-refractivity contribution in [3.63, 3.8) is 0 Å². The van der Waals surface area contributed by atoms with Gasteiger partial charge in [0.2, 0.25) is 0 Å². The maximum Gasteiger partial charge on any atom is 0.292 e. The fourth-order valence-electron chi connectivity index (χ4n) is 0.938. The number of amides is 1. The molecule has 0 saturated heterocycles. The second kappa shape index (κ2) is 4.50. The summed E-state index contributed by atoms with van der Waals surface area (Å²) >= 11 is 4.18. The van der Waals surface area contributed by atoms with Gasteiger partial charge in [-0.2, -0.15) is 4.99 Å². The summed E-state index contributed by atoms with van der Waals surface area (Å²) in [5.41, 5.74) is -0.965. The molecule has 1 aromatic rings. The van der Waals surface area contributed by atoms with Gasteiger partial charge >= 0.3 is 0 Å². The number of hydrogen-bond acceptors (Lipinski definition) is 4. The van der Waals surface area contributed by atoms with Gasteiger partial charge in [0.15, 0.2) is 0 Å². The molecule has 1 amide bonds. The molecule has 0 bridgehead atoms. The van der Waals surface area contributed by atoms with Crippen molar-refractivity contribution in [1.29, 1.82) is 0 Å². The van der Waals surface area contributed by atoms with Crippen molar-refractivity contribution in [2.45, 2.75) is 0 Å². The zero-order chi connectivity index (χ0) is 11.4. The first-order valence-corrected chi connectivity index (χ1v) is 4.03. The van der Waals surface area contributed by atoms with Gasteiger partial charge in [-0.25, -0.2) is 4.39 Å². The van der Waals surface area contributed by atoms with Crippen LogP contribution in [0.15, 0.2) is 23.2 Å². The number of isothiocyanates is 1. The first-order chi connectivity index (χ1) is 7.06. The molecular formula is C8H3FN2O3S. The quantitative estimate of drug-likeness (QED) is 0.334. The largest absolute Gasteiger partial charge is 0.292 e. The third-order valence-corrected chi connectivity index (χ3v) is 1.63.